The molecule has 0 radical (unpaired) electrons. The fraction of sp³-hybridized carbons (Fsp3) is 0.615. The second-order valence-electron chi connectivity index (χ2n) is 5.86. The van der Waals surface area contributed by atoms with Crippen LogP contribution in [0.5, 0.6) is 0 Å². The van der Waals surface area contributed by atoms with Crippen LogP contribution in [0.15, 0.2) is 11.6 Å². The molecular weight excluding hydrogens is 375 g/mol. The van der Waals surface area contributed by atoms with Gasteiger partial charge in [-0.05, 0) is 12.5 Å². The number of hydrogen-bond acceptors (Lipinski definition) is 6. The van der Waals surface area contributed by atoms with Crippen molar-refractivity contribution in [2.24, 2.45) is 0 Å². The fourth-order valence-corrected chi connectivity index (χ4v) is 3.21. The first-order valence-electron chi connectivity index (χ1n) is 7.55. The lowest BCUT2D eigenvalue weighted by atomic mass is 10.00. The Hall–Kier alpha value is -2.25. The minimum Gasteiger partial charge on any atom is -0.477 e. The molecule has 3 atom stereocenters. The van der Waals surface area contributed by atoms with E-state index < -0.39 is 46.4 Å². The molecule has 2 aliphatic rings. The molecule has 0 spiro atoms. The van der Waals surface area contributed by atoms with Crippen molar-refractivity contribution in [3.63, 3.8) is 0 Å². The fourth-order valence-electron chi connectivity index (χ4n) is 2.73. The zero-order valence-corrected chi connectivity index (χ0v) is 14.8. The number of carbonyl (C=O) groups excluding carboxylic acids is 2. The number of carboxylic acid groups (broad SMARTS) is 1. The molecule has 0 aromatic rings. The molecule has 1 saturated heterocycles. The van der Waals surface area contributed by atoms with E-state index in [1.165, 1.54) is 6.08 Å². The summed E-state index contributed by atoms with van der Waals surface area (Å²) in [5.41, 5.74) is 0.500. The Bertz CT molecular complexity index is 741. The minimum atomic E-state index is -3.39. The Morgan fingerprint density at radius 2 is 2.12 bits per heavy atom. The van der Waals surface area contributed by atoms with Gasteiger partial charge in [0.15, 0.2) is 0 Å². The molecule has 26 heavy (non-hydrogen) atoms. The predicted octanol–water partition coefficient (Wildman–Crippen LogP) is -1.60. The Balaban J connectivity index is 2.01. The number of fused-ring (bicyclic) bond motifs is 2. The van der Waals surface area contributed by atoms with Gasteiger partial charge in [-0.3, -0.25) is 4.79 Å². The quantitative estimate of drug-likeness (QED) is 0.332. The Morgan fingerprint density at radius 1 is 1.46 bits per heavy atom. The molecule has 2 heterocycles. The van der Waals surface area contributed by atoms with E-state index in [2.05, 4.69) is 14.9 Å². The van der Waals surface area contributed by atoms with Crippen LogP contribution < -0.4 is 10.0 Å². The molecular formula is C13H19FN4O7S. The van der Waals surface area contributed by atoms with Gasteiger partial charge in [0.1, 0.15) is 6.04 Å². The third kappa shape index (κ3) is 4.47. The smallest absolute Gasteiger partial charge is 0.368 e. The third-order valence-electron chi connectivity index (χ3n) is 3.75. The van der Waals surface area contributed by atoms with Gasteiger partial charge in [-0.1, -0.05) is 6.08 Å². The van der Waals surface area contributed by atoms with Crippen LogP contribution in [-0.2, 0) is 24.4 Å². The van der Waals surface area contributed by atoms with E-state index in [0.29, 0.717) is 10.6 Å². The summed E-state index contributed by atoms with van der Waals surface area (Å²) in [6.07, 6.45) is -0.201. The Labute approximate surface area is 148 Å². The molecule has 3 N–H and O–H groups in total. The predicted molar refractivity (Wildman–Crippen MR) is 84.7 cm³/mol. The minimum absolute atomic E-state index is 0.00687. The maximum atomic E-state index is 13.3. The van der Waals surface area contributed by atoms with Gasteiger partial charge in [0, 0.05) is 13.1 Å². The third-order valence-corrected chi connectivity index (χ3v) is 4.48. The summed E-state index contributed by atoms with van der Waals surface area (Å²) in [7, 11) is -3.39. The molecule has 0 aromatic heterocycles. The van der Waals surface area contributed by atoms with Gasteiger partial charge in [0.05, 0.1) is 18.8 Å². The van der Waals surface area contributed by atoms with Gasteiger partial charge in [0.25, 0.3) is 0 Å². The largest absolute Gasteiger partial charge is 0.477 e. The van der Waals surface area contributed by atoms with Crippen molar-refractivity contribution in [1.29, 1.82) is 0 Å². The molecule has 2 bridgehead atoms. The second-order valence-corrected chi connectivity index (χ2v) is 7.69. The van der Waals surface area contributed by atoms with E-state index in [-0.39, 0.29) is 19.6 Å². The van der Waals surface area contributed by atoms with Crippen LogP contribution in [0.1, 0.15) is 6.92 Å². The number of aliphatic carboxylic acids is 1. The molecule has 11 nitrogen and oxygen atoms in total. The van der Waals surface area contributed by atoms with Crippen molar-refractivity contribution in [3.05, 3.63) is 11.6 Å². The Morgan fingerprint density at radius 3 is 2.69 bits per heavy atom. The first kappa shape index (κ1) is 20.1. The van der Waals surface area contributed by atoms with Crippen molar-refractivity contribution < 1.29 is 37.1 Å². The van der Waals surface area contributed by atoms with Gasteiger partial charge >= 0.3 is 18.4 Å². The number of hydrogen-bond donors (Lipinski definition) is 3. The van der Waals surface area contributed by atoms with Crippen LogP contribution in [0.3, 0.4) is 0 Å². The highest BCUT2D eigenvalue weighted by atomic mass is 32.2. The highest BCUT2D eigenvalue weighted by molar-refractivity contribution is 7.88. The van der Waals surface area contributed by atoms with Gasteiger partial charge in [-0.15, -0.1) is 0 Å². The molecule has 0 saturated carbocycles. The van der Waals surface area contributed by atoms with Gasteiger partial charge in [-0.2, -0.15) is 5.06 Å². The summed E-state index contributed by atoms with van der Waals surface area (Å²) in [6.45, 7) is 1.61. The van der Waals surface area contributed by atoms with Crippen molar-refractivity contribution in [3.8, 4) is 0 Å². The normalized spacial score (nSPS) is 23.7. The molecule has 2 rings (SSSR count). The number of sulfonamides is 1. The lowest BCUT2D eigenvalue weighted by molar-refractivity contribution is -0.219. The van der Waals surface area contributed by atoms with Gasteiger partial charge in [-0.25, -0.2) is 32.0 Å². The van der Waals surface area contributed by atoms with E-state index in [4.69, 9.17) is 5.11 Å². The van der Waals surface area contributed by atoms with Gasteiger partial charge < -0.3 is 15.3 Å². The summed E-state index contributed by atoms with van der Waals surface area (Å²) in [6, 6.07) is -2.52. The lowest BCUT2D eigenvalue weighted by Gasteiger charge is -2.29. The number of urea groups is 1. The molecule has 1 unspecified atom stereocenters. The van der Waals surface area contributed by atoms with Crippen LogP contribution in [0, 0.1) is 0 Å². The molecule has 146 valence electrons. The SMILES string of the molecule is CC1=C[C@@H]2CN(C(=O)N2OC(F)C(=O)O)[C@@H]1C(=O)NCCNS(C)(=O)=O. The number of alkyl halides is 1. The van der Waals surface area contributed by atoms with E-state index in [9.17, 15) is 27.2 Å². The van der Waals surface area contributed by atoms with Crippen molar-refractivity contribution >= 4 is 27.9 Å². The summed E-state index contributed by atoms with van der Waals surface area (Å²) >= 11 is 0. The highest BCUT2D eigenvalue weighted by Crippen LogP contribution is 2.30. The summed E-state index contributed by atoms with van der Waals surface area (Å²) in [4.78, 5) is 40.9. The molecule has 3 amide bonds. The lowest BCUT2D eigenvalue weighted by Crippen LogP contribution is -2.51. The van der Waals surface area contributed by atoms with Crippen LogP contribution in [0.25, 0.3) is 0 Å². The number of amides is 3. The maximum Gasteiger partial charge on any atom is 0.368 e. The van der Waals surface area contributed by atoms with Crippen LogP contribution in [-0.4, -0.2) is 85.7 Å². The van der Waals surface area contributed by atoms with E-state index in [0.717, 1.165) is 11.2 Å². The van der Waals surface area contributed by atoms with Gasteiger partial charge in [0.2, 0.25) is 15.9 Å². The molecule has 13 heteroatoms. The second kappa shape index (κ2) is 7.55. The standard InChI is InChI=1S/C13H19FN4O7S/c1-7-5-8-6-17(13(22)18(8)25-10(14)12(20)21)9(7)11(19)15-3-4-16-26(2,23)24/h5,8-10,16H,3-4,6H2,1-2H3,(H,15,19)(H,20,21)/t8-,9+,10?/m1/s1. The average Bonchev–Trinajstić information content (AvgIpc) is 2.75. The zero-order valence-electron chi connectivity index (χ0n) is 14.0. The molecule has 2 aliphatic heterocycles. The topological polar surface area (TPSA) is 145 Å². The summed E-state index contributed by atoms with van der Waals surface area (Å²) in [5, 5.41) is 11.7. The molecule has 0 aromatic carbocycles. The van der Waals surface area contributed by atoms with E-state index in [1.807, 2.05) is 0 Å². The van der Waals surface area contributed by atoms with Crippen LogP contribution in [0.4, 0.5) is 9.18 Å². The number of halogens is 1. The maximum absolute atomic E-state index is 13.3. The average molecular weight is 394 g/mol. The highest BCUT2D eigenvalue weighted by Gasteiger charge is 2.48. The number of rotatable bonds is 8. The van der Waals surface area contributed by atoms with Crippen molar-refractivity contribution in [2.75, 3.05) is 25.9 Å². The first-order valence-corrected chi connectivity index (χ1v) is 9.44. The monoisotopic (exact) mass is 394 g/mol. The van der Waals surface area contributed by atoms with Crippen molar-refractivity contribution in [2.45, 2.75) is 25.4 Å². The first-order chi connectivity index (χ1) is 12.0. The van der Waals surface area contributed by atoms with Crippen molar-refractivity contribution in [1.82, 2.24) is 20.0 Å². The number of nitrogens with one attached hydrogen (secondary N) is 2. The summed E-state index contributed by atoms with van der Waals surface area (Å²) in [5.74, 6) is -2.42. The van der Waals surface area contributed by atoms with E-state index >= 15 is 0 Å². The number of carbonyl (C=O) groups is 3. The van der Waals surface area contributed by atoms with Crippen LogP contribution in [0.2, 0.25) is 0 Å². The molecule has 0 aliphatic carbocycles. The Kier molecular flexibility index (Phi) is 5.83. The zero-order chi connectivity index (χ0) is 19.6. The number of carboxylic acids is 1. The molecule has 1 fully saturated rings. The summed E-state index contributed by atoms with van der Waals surface area (Å²) < 4.78 is 37.4. The number of nitrogens with zero attached hydrogens (tertiary/aromatic N) is 2. The van der Waals surface area contributed by atoms with E-state index in [1.54, 1.807) is 6.92 Å². The number of hydroxylamine groups is 2. The van der Waals surface area contributed by atoms with Crippen LogP contribution >= 0.6 is 0 Å².